The Bertz CT molecular complexity index is 401. The second-order valence-electron chi connectivity index (χ2n) is 5.16. The summed E-state index contributed by atoms with van der Waals surface area (Å²) in [5.74, 6) is 5.78. The van der Waals surface area contributed by atoms with Gasteiger partial charge in [-0.15, -0.1) is 5.92 Å². The molecule has 3 N–H and O–H groups in total. The van der Waals surface area contributed by atoms with E-state index in [0.717, 1.165) is 5.56 Å². The van der Waals surface area contributed by atoms with Crippen LogP contribution < -0.4 is 11.1 Å². The molecule has 1 aromatic rings. The summed E-state index contributed by atoms with van der Waals surface area (Å²) in [7, 11) is 0. The minimum absolute atomic E-state index is 0.148. The molecule has 2 nitrogen and oxygen atoms in total. The number of nitrogens with two attached hydrogens (primary N) is 1. The summed E-state index contributed by atoms with van der Waals surface area (Å²) >= 11 is 0. The number of nitrogens with one attached hydrogen (secondary N) is 1. The highest BCUT2D eigenvalue weighted by atomic mass is 15.0. The molecule has 1 aromatic carbocycles. The van der Waals surface area contributed by atoms with E-state index >= 15 is 0 Å². The fourth-order valence-electron chi connectivity index (χ4n) is 1.56. The molecular weight excluding hydrogens is 208 g/mol. The van der Waals surface area contributed by atoms with Crippen LogP contribution in [-0.2, 0) is 5.41 Å². The standard InChI is InChI=1S/C15H22N2/c1-5-6-11-17-14(16)12-7-9-13(10-8-12)15(2,3)4/h7-10,14,17H,11,16H2,1-4H3. The van der Waals surface area contributed by atoms with Crippen LogP contribution in [0.5, 0.6) is 0 Å². The number of benzene rings is 1. The van der Waals surface area contributed by atoms with Crippen molar-refractivity contribution in [1.82, 2.24) is 5.32 Å². The minimum atomic E-state index is -0.148. The molecule has 0 saturated carbocycles. The third-order valence-corrected chi connectivity index (χ3v) is 2.72. The zero-order chi connectivity index (χ0) is 12.9. The van der Waals surface area contributed by atoms with Crippen molar-refractivity contribution in [3.8, 4) is 11.8 Å². The van der Waals surface area contributed by atoms with Gasteiger partial charge in [0.25, 0.3) is 0 Å². The van der Waals surface area contributed by atoms with Gasteiger partial charge < -0.3 is 5.73 Å². The van der Waals surface area contributed by atoms with Crippen LogP contribution in [0, 0.1) is 11.8 Å². The predicted octanol–water partition coefficient (Wildman–Crippen LogP) is 2.55. The van der Waals surface area contributed by atoms with Gasteiger partial charge in [0.15, 0.2) is 0 Å². The van der Waals surface area contributed by atoms with E-state index < -0.39 is 0 Å². The van der Waals surface area contributed by atoms with Crippen molar-refractivity contribution in [2.24, 2.45) is 5.73 Å². The molecule has 0 aliphatic heterocycles. The van der Waals surface area contributed by atoms with Crippen molar-refractivity contribution in [2.45, 2.75) is 39.3 Å². The summed E-state index contributed by atoms with van der Waals surface area (Å²) in [5.41, 5.74) is 8.61. The average Bonchev–Trinajstić information content (AvgIpc) is 2.28. The maximum atomic E-state index is 6.02. The Labute approximate surface area is 105 Å². The lowest BCUT2D eigenvalue weighted by Crippen LogP contribution is -2.29. The van der Waals surface area contributed by atoms with E-state index in [1.807, 2.05) is 6.92 Å². The van der Waals surface area contributed by atoms with Gasteiger partial charge in [0.1, 0.15) is 0 Å². The summed E-state index contributed by atoms with van der Waals surface area (Å²) < 4.78 is 0. The number of rotatable bonds is 3. The lowest BCUT2D eigenvalue weighted by atomic mass is 9.86. The molecule has 2 heteroatoms. The predicted molar refractivity (Wildman–Crippen MR) is 73.5 cm³/mol. The molecular formula is C15H22N2. The topological polar surface area (TPSA) is 38.0 Å². The number of hydrogen-bond acceptors (Lipinski definition) is 2. The quantitative estimate of drug-likeness (QED) is 0.618. The molecule has 1 unspecified atom stereocenters. The highest BCUT2D eigenvalue weighted by Crippen LogP contribution is 2.22. The molecule has 92 valence electrons. The second kappa shape index (κ2) is 5.86. The molecule has 0 aliphatic carbocycles. The Balaban J connectivity index is 2.69. The molecule has 0 amide bonds. The first-order valence-electron chi connectivity index (χ1n) is 5.94. The van der Waals surface area contributed by atoms with Crippen molar-refractivity contribution in [1.29, 1.82) is 0 Å². The zero-order valence-electron chi connectivity index (χ0n) is 11.2. The van der Waals surface area contributed by atoms with Gasteiger partial charge in [0, 0.05) is 0 Å². The Morgan fingerprint density at radius 2 is 1.82 bits per heavy atom. The monoisotopic (exact) mass is 230 g/mol. The molecule has 17 heavy (non-hydrogen) atoms. The molecule has 0 radical (unpaired) electrons. The molecule has 0 aromatic heterocycles. The molecule has 0 heterocycles. The molecule has 0 fully saturated rings. The second-order valence-corrected chi connectivity index (χ2v) is 5.16. The lowest BCUT2D eigenvalue weighted by Gasteiger charge is -2.20. The van der Waals surface area contributed by atoms with Crippen molar-refractivity contribution < 1.29 is 0 Å². The van der Waals surface area contributed by atoms with Gasteiger partial charge in [0.2, 0.25) is 0 Å². The van der Waals surface area contributed by atoms with Crippen molar-refractivity contribution in [3.05, 3.63) is 35.4 Å². The lowest BCUT2D eigenvalue weighted by molar-refractivity contribution is 0.581. The Morgan fingerprint density at radius 3 is 2.29 bits per heavy atom. The van der Waals surface area contributed by atoms with Crippen LogP contribution in [0.4, 0.5) is 0 Å². The molecule has 1 rings (SSSR count). The van der Waals surface area contributed by atoms with Gasteiger partial charge in [-0.2, -0.15) is 0 Å². The van der Waals surface area contributed by atoms with Crippen LogP contribution in [0.25, 0.3) is 0 Å². The van der Waals surface area contributed by atoms with Crippen molar-refractivity contribution >= 4 is 0 Å². The number of hydrogen-bond donors (Lipinski definition) is 2. The van der Waals surface area contributed by atoms with Gasteiger partial charge >= 0.3 is 0 Å². The van der Waals surface area contributed by atoms with E-state index in [-0.39, 0.29) is 11.6 Å². The van der Waals surface area contributed by atoms with E-state index in [4.69, 9.17) is 5.73 Å². The van der Waals surface area contributed by atoms with E-state index in [1.54, 1.807) is 0 Å². The minimum Gasteiger partial charge on any atom is -0.312 e. The van der Waals surface area contributed by atoms with E-state index in [1.165, 1.54) is 5.56 Å². The first kappa shape index (κ1) is 13.8. The van der Waals surface area contributed by atoms with Crippen LogP contribution in [0.1, 0.15) is 45.0 Å². The molecule has 0 aliphatic rings. The smallest absolute Gasteiger partial charge is 0.0817 e. The largest absolute Gasteiger partial charge is 0.312 e. The summed E-state index contributed by atoms with van der Waals surface area (Å²) in [6, 6.07) is 8.44. The SMILES string of the molecule is CC#CCNC(N)c1ccc(C(C)(C)C)cc1. The molecule has 0 spiro atoms. The van der Waals surface area contributed by atoms with E-state index in [9.17, 15) is 0 Å². The fraction of sp³-hybridized carbons (Fsp3) is 0.467. The maximum Gasteiger partial charge on any atom is 0.0817 e. The Hall–Kier alpha value is -1.30. The first-order valence-corrected chi connectivity index (χ1v) is 5.94. The fourth-order valence-corrected chi connectivity index (χ4v) is 1.56. The van der Waals surface area contributed by atoms with Gasteiger partial charge in [-0.3, -0.25) is 5.32 Å². The third kappa shape index (κ3) is 4.22. The van der Waals surface area contributed by atoms with Crippen molar-refractivity contribution in [3.63, 3.8) is 0 Å². The van der Waals surface area contributed by atoms with Gasteiger partial charge in [-0.05, 0) is 23.5 Å². The molecule has 1 atom stereocenters. The summed E-state index contributed by atoms with van der Waals surface area (Å²) in [5, 5.41) is 3.16. The van der Waals surface area contributed by atoms with Gasteiger partial charge in [0.05, 0.1) is 12.7 Å². The first-order chi connectivity index (χ1) is 7.95. The van der Waals surface area contributed by atoms with Gasteiger partial charge in [-0.1, -0.05) is 51.0 Å². The summed E-state index contributed by atoms with van der Waals surface area (Å²) in [6.45, 7) is 9.06. The van der Waals surface area contributed by atoms with Crippen LogP contribution in [-0.4, -0.2) is 6.54 Å². The van der Waals surface area contributed by atoms with Gasteiger partial charge in [-0.25, -0.2) is 0 Å². The molecule has 0 saturated heterocycles. The highest BCUT2D eigenvalue weighted by molar-refractivity contribution is 5.28. The van der Waals surface area contributed by atoms with Crippen LogP contribution in [0.2, 0.25) is 0 Å². The summed E-state index contributed by atoms with van der Waals surface area (Å²) in [6.07, 6.45) is -0.148. The van der Waals surface area contributed by atoms with E-state index in [2.05, 4.69) is 62.2 Å². The Morgan fingerprint density at radius 1 is 1.24 bits per heavy atom. The highest BCUT2D eigenvalue weighted by Gasteiger charge is 2.13. The third-order valence-electron chi connectivity index (χ3n) is 2.72. The average molecular weight is 230 g/mol. The Kier molecular flexibility index (Phi) is 4.74. The van der Waals surface area contributed by atoms with Crippen LogP contribution in [0.15, 0.2) is 24.3 Å². The summed E-state index contributed by atoms with van der Waals surface area (Å²) in [4.78, 5) is 0. The van der Waals surface area contributed by atoms with E-state index in [0.29, 0.717) is 6.54 Å². The van der Waals surface area contributed by atoms with Crippen LogP contribution in [0.3, 0.4) is 0 Å². The zero-order valence-corrected chi connectivity index (χ0v) is 11.2. The molecule has 0 bridgehead atoms. The van der Waals surface area contributed by atoms with Crippen LogP contribution >= 0.6 is 0 Å². The van der Waals surface area contributed by atoms with Crippen molar-refractivity contribution in [2.75, 3.05) is 6.54 Å². The normalized spacial score (nSPS) is 12.8. The maximum absolute atomic E-state index is 6.02.